The number of oxazole rings is 1. The normalized spacial score (nSPS) is 11.3. The lowest BCUT2D eigenvalue weighted by Gasteiger charge is -2.15. The summed E-state index contributed by atoms with van der Waals surface area (Å²) in [6.07, 6.45) is 0. The predicted octanol–water partition coefficient (Wildman–Crippen LogP) is 12.4. The number of rotatable bonds is 6. The second-order valence-electron chi connectivity index (χ2n) is 12.2. The Bertz CT molecular complexity index is 2530. The van der Waals surface area contributed by atoms with Gasteiger partial charge in [0.15, 0.2) is 5.58 Å². The van der Waals surface area contributed by atoms with Crippen molar-refractivity contribution in [3.63, 3.8) is 0 Å². The maximum absolute atomic E-state index is 6.18. The lowest BCUT2D eigenvalue weighted by Crippen LogP contribution is -1.92. The maximum atomic E-state index is 6.18. The molecule has 49 heavy (non-hydrogen) atoms. The van der Waals surface area contributed by atoms with E-state index >= 15 is 0 Å². The van der Waals surface area contributed by atoms with Gasteiger partial charge >= 0.3 is 0 Å². The van der Waals surface area contributed by atoms with Crippen LogP contribution in [0.25, 0.3) is 89.2 Å². The zero-order valence-corrected chi connectivity index (χ0v) is 26.6. The number of benzene rings is 7. The molecule has 9 aromatic rings. The zero-order valence-electron chi connectivity index (χ0n) is 26.6. The smallest absolute Gasteiger partial charge is 0.227 e. The second kappa shape index (κ2) is 12.2. The minimum absolute atomic E-state index is 0.624. The highest BCUT2D eigenvalue weighted by atomic mass is 16.3. The summed E-state index contributed by atoms with van der Waals surface area (Å²) in [6, 6.07) is 63.5. The van der Waals surface area contributed by atoms with Gasteiger partial charge < -0.3 is 4.42 Å². The highest BCUT2D eigenvalue weighted by molar-refractivity contribution is 6.05. The molecule has 230 valence electrons. The first kappa shape index (κ1) is 28.6. The lowest BCUT2D eigenvalue weighted by atomic mass is 9.89. The van der Waals surface area contributed by atoms with Crippen molar-refractivity contribution in [1.29, 1.82) is 0 Å². The van der Waals surface area contributed by atoms with Gasteiger partial charge in [-0.2, -0.15) is 0 Å². The van der Waals surface area contributed by atoms with Crippen LogP contribution in [0.3, 0.4) is 0 Å². The fourth-order valence-electron chi connectivity index (χ4n) is 6.69. The standard InChI is InChI=1S/C46H30N2O/c1-4-13-31(14-5-1)38-29-41(33-16-6-2-7-17-33)47-42(30-38)36-21-12-20-35(27-36)40-25-23-32-15-10-11-22-39(32)45(40)37-24-26-44-43(28-37)48-46(49-44)34-18-8-3-9-19-34/h1-30H. The summed E-state index contributed by atoms with van der Waals surface area (Å²) in [6.45, 7) is 0. The van der Waals surface area contributed by atoms with Crippen molar-refractivity contribution in [3.8, 4) is 67.3 Å². The quantitative estimate of drug-likeness (QED) is 0.184. The molecule has 9 rings (SSSR count). The van der Waals surface area contributed by atoms with Gasteiger partial charge in [-0.1, -0.05) is 140 Å². The number of hydrogen-bond acceptors (Lipinski definition) is 3. The summed E-state index contributed by atoms with van der Waals surface area (Å²) in [7, 11) is 0. The van der Waals surface area contributed by atoms with Crippen LogP contribution in [0.15, 0.2) is 186 Å². The molecule has 0 amide bonds. The van der Waals surface area contributed by atoms with Crippen LogP contribution in [-0.4, -0.2) is 9.97 Å². The number of pyridine rings is 1. The first-order valence-electron chi connectivity index (χ1n) is 16.5. The van der Waals surface area contributed by atoms with Gasteiger partial charge in [0.25, 0.3) is 0 Å². The minimum atomic E-state index is 0.624. The Hall–Kier alpha value is -6.58. The van der Waals surface area contributed by atoms with Crippen molar-refractivity contribution in [3.05, 3.63) is 182 Å². The molecule has 0 unspecified atom stereocenters. The minimum Gasteiger partial charge on any atom is -0.436 e. The van der Waals surface area contributed by atoms with Crippen molar-refractivity contribution in [1.82, 2.24) is 9.97 Å². The van der Waals surface area contributed by atoms with Gasteiger partial charge in [0.1, 0.15) is 5.52 Å². The van der Waals surface area contributed by atoms with E-state index in [2.05, 4.69) is 140 Å². The average Bonchev–Trinajstić information content (AvgIpc) is 3.62. The van der Waals surface area contributed by atoms with E-state index in [4.69, 9.17) is 14.4 Å². The van der Waals surface area contributed by atoms with E-state index in [9.17, 15) is 0 Å². The fourth-order valence-corrected chi connectivity index (χ4v) is 6.69. The van der Waals surface area contributed by atoms with Crippen molar-refractivity contribution < 1.29 is 4.42 Å². The first-order valence-corrected chi connectivity index (χ1v) is 16.5. The van der Waals surface area contributed by atoms with E-state index in [0.717, 1.165) is 72.6 Å². The number of nitrogens with zero attached hydrogens (tertiary/aromatic N) is 2. The van der Waals surface area contributed by atoms with E-state index in [1.165, 1.54) is 10.8 Å². The molecule has 0 fully saturated rings. The van der Waals surface area contributed by atoms with Gasteiger partial charge in [-0.3, -0.25) is 0 Å². The molecule has 2 aromatic heterocycles. The van der Waals surface area contributed by atoms with Gasteiger partial charge in [-0.25, -0.2) is 9.97 Å². The molecule has 0 N–H and O–H groups in total. The summed E-state index contributed by atoms with van der Waals surface area (Å²) in [4.78, 5) is 10.1. The molecule has 0 aliphatic heterocycles. The summed E-state index contributed by atoms with van der Waals surface area (Å²) in [5, 5.41) is 2.37. The van der Waals surface area contributed by atoms with Crippen molar-refractivity contribution in [2.24, 2.45) is 0 Å². The Morgan fingerprint density at radius 2 is 1.00 bits per heavy atom. The molecular weight excluding hydrogens is 597 g/mol. The zero-order chi connectivity index (χ0) is 32.6. The van der Waals surface area contributed by atoms with Gasteiger partial charge in [0.2, 0.25) is 5.89 Å². The third-order valence-corrected chi connectivity index (χ3v) is 9.10. The van der Waals surface area contributed by atoms with Crippen LogP contribution < -0.4 is 0 Å². The predicted molar refractivity (Wildman–Crippen MR) is 202 cm³/mol. The van der Waals surface area contributed by atoms with Gasteiger partial charge in [0, 0.05) is 16.7 Å². The molecule has 0 atom stereocenters. The molecule has 0 bridgehead atoms. The Morgan fingerprint density at radius 1 is 0.367 bits per heavy atom. The molecule has 0 saturated carbocycles. The van der Waals surface area contributed by atoms with Crippen LogP contribution in [-0.2, 0) is 0 Å². The summed E-state index contributed by atoms with van der Waals surface area (Å²) in [5.74, 6) is 0.624. The van der Waals surface area contributed by atoms with Crippen molar-refractivity contribution >= 4 is 21.9 Å². The molecule has 0 aliphatic carbocycles. The molecule has 0 spiro atoms. The van der Waals surface area contributed by atoms with E-state index in [1.54, 1.807) is 0 Å². The molecule has 0 aliphatic rings. The average molecular weight is 627 g/mol. The van der Waals surface area contributed by atoms with E-state index in [1.807, 2.05) is 42.5 Å². The monoisotopic (exact) mass is 626 g/mol. The molecular formula is C46H30N2O. The fraction of sp³-hybridized carbons (Fsp3) is 0. The molecule has 3 nitrogen and oxygen atoms in total. The van der Waals surface area contributed by atoms with E-state index in [-0.39, 0.29) is 0 Å². The Labute approximate surface area is 284 Å². The van der Waals surface area contributed by atoms with Crippen LogP contribution in [0.4, 0.5) is 0 Å². The van der Waals surface area contributed by atoms with Crippen molar-refractivity contribution in [2.45, 2.75) is 0 Å². The third kappa shape index (κ3) is 5.48. The largest absolute Gasteiger partial charge is 0.436 e. The summed E-state index contributed by atoms with van der Waals surface area (Å²) >= 11 is 0. The SMILES string of the molecule is c1ccc(-c2cc(-c3ccccc3)nc(-c3cccc(-c4ccc5ccccc5c4-c4ccc5oc(-c6ccccc6)nc5c4)c3)c2)cc1. The van der Waals surface area contributed by atoms with Crippen molar-refractivity contribution in [2.75, 3.05) is 0 Å². The van der Waals surface area contributed by atoms with E-state index in [0.29, 0.717) is 5.89 Å². The molecule has 2 heterocycles. The third-order valence-electron chi connectivity index (χ3n) is 9.10. The van der Waals surface area contributed by atoms with Gasteiger partial charge in [-0.15, -0.1) is 0 Å². The van der Waals surface area contributed by atoms with Crippen LogP contribution in [0.5, 0.6) is 0 Å². The van der Waals surface area contributed by atoms with Gasteiger partial charge in [0.05, 0.1) is 11.4 Å². The number of aromatic nitrogens is 2. The summed E-state index contributed by atoms with van der Waals surface area (Å²) < 4.78 is 6.18. The topological polar surface area (TPSA) is 38.9 Å². The Morgan fingerprint density at radius 3 is 1.78 bits per heavy atom. The van der Waals surface area contributed by atoms with Crippen LogP contribution >= 0.6 is 0 Å². The van der Waals surface area contributed by atoms with Crippen LogP contribution in [0.2, 0.25) is 0 Å². The first-order chi connectivity index (χ1) is 24.3. The second-order valence-corrected chi connectivity index (χ2v) is 12.2. The highest BCUT2D eigenvalue weighted by Crippen LogP contribution is 2.41. The van der Waals surface area contributed by atoms with E-state index < -0.39 is 0 Å². The van der Waals surface area contributed by atoms with Gasteiger partial charge in [-0.05, 0) is 86.6 Å². The molecule has 3 heteroatoms. The number of hydrogen-bond donors (Lipinski definition) is 0. The molecule has 0 saturated heterocycles. The van der Waals surface area contributed by atoms with Crippen LogP contribution in [0, 0.1) is 0 Å². The highest BCUT2D eigenvalue weighted by Gasteiger charge is 2.16. The van der Waals surface area contributed by atoms with Crippen LogP contribution in [0.1, 0.15) is 0 Å². The number of fused-ring (bicyclic) bond motifs is 2. The lowest BCUT2D eigenvalue weighted by molar-refractivity contribution is 0.620. The Kier molecular flexibility index (Phi) is 7.14. The molecule has 7 aromatic carbocycles. The molecule has 0 radical (unpaired) electrons. The Balaban J connectivity index is 1.20. The maximum Gasteiger partial charge on any atom is 0.227 e. The summed E-state index contributed by atoms with van der Waals surface area (Å²) in [5.41, 5.74) is 13.4.